The predicted molar refractivity (Wildman–Crippen MR) is 38.8 cm³/mol. The van der Waals surface area contributed by atoms with E-state index in [2.05, 4.69) is 0 Å². The van der Waals surface area contributed by atoms with Crippen LogP contribution in [-0.2, 0) is 11.1 Å². The molecule has 1 unspecified atom stereocenters. The number of hydrogen-bond acceptors (Lipinski definition) is 1. The van der Waals surface area contributed by atoms with E-state index >= 15 is 0 Å². The second-order valence-corrected chi connectivity index (χ2v) is 3.42. The Bertz CT molecular complexity index is 300. The Kier molecular flexibility index (Phi) is 6.09. The molecule has 17 heavy (non-hydrogen) atoms. The molecule has 1 atom stereocenters. The third kappa shape index (κ3) is 3.08. The maximum absolute atomic E-state index is 12.2. The summed E-state index contributed by atoms with van der Waals surface area (Å²) in [6.07, 6.45) is -6.99. The zero-order valence-corrected chi connectivity index (χ0v) is 7.48. The van der Waals surface area contributed by atoms with Crippen LogP contribution in [0.4, 0.5) is 39.5 Å². The summed E-state index contributed by atoms with van der Waals surface area (Å²) in [7, 11) is 0. The maximum atomic E-state index is 12.2. The Balaban J connectivity index is 0. The van der Waals surface area contributed by atoms with Gasteiger partial charge < -0.3 is 4.55 Å². The SMILES string of the molecule is O=S(O)C(F)(F)C(F)(F)C(F)(F)C(F)(F)F.[NaH]. The molecule has 0 saturated heterocycles. The topological polar surface area (TPSA) is 37.3 Å². The zero-order valence-electron chi connectivity index (χ0n) is 6.67. The third-order valence-corrected chi connectivity index (χ3v) is 2.03. The van der Waals surface area contributed by atoms with E-state index in [4.69, 9.17) is 4.55 Å². The summed E-state index contributed by atoms with van der Waals surface area (Å²) in [5, 5.41) is -6.44. The number of halogens is 9. The summed E-state index contributed by atoms with van der Waals surface area (Å²) >= 11 is -4.89. The Morgan fingerprint density at radius 1 is 0.765 bits per heavy atom. The average molecular weight is 308 g/mol. The van der Waals surface area contributed by atoms with Crippen LogP contribution in [0.2, 0.25) is 0 Å². The Hall–Kier alpha value is 0.480. The van der Waals surface area contributed by atoms with Gasteiger partial charge >= 0.3 is 52.8 Å². The first kappa shape index (κ1) is 19.8. The van der Waals surface area contributed by atoms with Gasteiger partial charge in [-0.05, 0) is 0 Å². The van der Waals surface area contributed by atoms with Crippen molar-refractivity contribution < 1.29 is 48.3 Å². The second kappa shape index (κ2) is 5.23. The first-order valence-electron chi connectivity index (χ1n) is 3.00. The van der Waals surface area contributed by atoms with Gasteiger partial charge in [0.25, 0.3) is 0 Å². The first-order valence-corrected chi connectivity index (χ1v) is 4.11. The summed E-state index contributed by atoms with van der Waals surface area (Å²) in [5.41, 5.74) is 0. The van der Waals surface area contributed by atoms with Crippen molar-refractivity contribution in [1.29, 1.82) is 0 Å². The monoisotopic (exact) mass is 308 g/mol. The molecule has 0 bridgehead atoms. The first-order chi connectivity index (χ1) is 6.69. The normalized spacial score (nSPS) is 16.4. The van der Waals surface area contributed by atoms with Crippen LogP contribution in [0.25, 0.3) is 0 Å². The van der Waals surface area contributed by atoms with E-state index in [1.807, 2.05) is 0 Å². The van der Waals surface area contributed by atoms with Crippen molar-refractivity contribution in [3.8, 4) is 0 Å². The fourth-order valence-corrected chi connectivity index (χ4v) is 0.818. The van der Waals surface area contributed by atoms with Gasteiger partial charge in [-0.25, -0.2) is 4.21 Å². The van der Waals surface area contributed by atoms with Crippen LogP contribution >= 0.6 is 0 Å². The molecular weight excluding hydrogens is 306 g/mol. The van der Waals surface area contributed by atoms with E-state index in [0.717, 1.165) is 0 Å². The summed E-state index contributed by atoms with van der Waals surface area (Å²) in [4.78, 5) is 0. The van der Waals surface area contributed by atoms with E-state index in [1.165, 1.54) is 0 Å². The van der Waals surface area contributed by atoms with Crippen LogP contribution in [0.1, 0.15) is 0 Å². The van der Waals surface area contributed by atoms with Crippen LogP contribution in [0.15, 0.2) is 0 Å². The molecule has 0 heterocycles. The molecule has 0 aliphatic rings. The van der Waals surface area contributed by atoms with E-state index in [-0.39, 0.29) is 29.6 Å². The molecule has 0 radical (unpaired) electrons. The van der Waals surface area contributed by atoms with Crippen molar-refractivity contribution in [3.05, 3.63) is 0 Å². The van der Waals surface area contributed by atoms with E-state index < -0.39 is 34.4 Å². The molecule has 0 amide bonds. The summed E-state index contributed by atoms with van der Waals surface area (Å²) in [5.74, 6) is -14.2. The summed E-state index contributed by atoms with van der Waals surface area (Å²) in [6, 6.07) is 0. The van der Waals surface area contributed by atoms with Crippen LogP contribution in [-0.4, -0.2) is 61.6 Å². The van der Waals surface area contributed by atoms with E-state index in [1.54, 1.807) is 0 Å². The molecule has 0 spiro atoms. The molecule has 0 aromatic heterocycles. The predicted octanol–water partition coefficient (Wildman–Crippen LogP) is 1.99. The van der Waals surface area contributed by atoms with E-state index in [0.29, 0.717) is 0 Å². The molecule has 0 aliphatic heterocycles. The Morgan fingerprint density at radius 3 is 1.24 bits per heavy atom. The summed E-state index contributed by atoms with van der Waals surface area (Å²) in [6.45, 7) is 0. The van der Waals surface area contributed by atoms with Gasteiger partial charge in [0.2, 0.25) is 11.1 Å². The molecule has 1 N–H and O–H groups in total. The fraction of sp³-hybridized carbons (Fsp3) is 1.00. The van der Waals surface area contributed by atoms with Crippen molar-refractivity contribution in [1.82, 2.24) is 0 Å². The molecule has 100 valence electrons. The van der Waals surface area contributed by atoms with Crippen molar-refractivity contribution >= 4 is 40.6 Å². The van der Waals surface area contributed by atoms with Crippen molar-refractivity contribution in [2.45, 2.75) is 23.3 Å². The van der Waals surface area contributed by atoms with Gasteiger partial charge in [0.15, 0.2) is 0 Å². The summed E-state index contributed by atoms with van der Waals surface area (Å²) < 4.78 is 124. The fourth-order valence-electron chi connectivity index (χ4n) is 0.470. The molecule has 0 aliphatic carbocycles. The number of alkyl halides is 9. The third-order valence-electron chi connectivity index (χ3n) is 1.34. The van der Waals surface area contributed by atoms with Crippen molar-refractivity contribution in [3.63, 3.8) is 0 Å². The molecule has 0 rings (SSSR count). The van der Waals surface area contributed by atoms with Crippen LogP contribution in [0.5, 0.6) is 0 Å². The van der Waals surface area contributed by atoms with Gasteiger partial charge in [-0.2, -0.15) is 39.5 Å². The van der Waals surface area contributed by atoms with E-state index in [9.17, 15) is 43.7 Å². The Labute approximate surface area is 112 Å². The standard InChI is InChI=1S/C4HF9O2S.Na.H/c5-1(6,3(9,10)11)2(7,8)4(12,13)16(14)15;;/h(H,14,15);;. The molecule has 2 nitrogen and oxygen atoms in total. The van der Waals surface area contributed by atoms with Gasteiger partial charge in [-0.3, -0.25) is 0 Å². The second-order valence-electron chi connectivity index (χ2n) is 2.41. The van der Waals surface area contributed by atoms with Gasteiger partial charge in [0, 0.05) is 0 Å². The number of rotatable bonds is 3. The van der Waals surface area contributed by atoms with Gasteiger partial charge in [-0.15, -0.1) is 0 Å². The van der Waals surface area contributed by atoms with Gasteiger partial charge in [0.1, 0.15) is 0 Å². The molecule has 13 heteroatoms. The minimum absolute atomic E-state index is 0. The zero-order chi connectivity index (χ0) is 13.6. The average Bonchev–Trinajstić information content (AvgIpc) is 2.00. The van der Waals surface area contributed by atoms with Crippen LogP contribution < -0.4 is 0 Å². The molecule has 0 fully saturated rings. The van der Waals surface area contributed by atoms with Crippen molar-refractivity contribution in [2.75, 3.05) is 0 Å². The van der Waals surface area contributed by atoms with Crippen molar-refractivity contribution in [2.24, 2.45) is 0 Å². The quantitative estimate of drug-likeness (QED) is 0.492. The molecular formula is C4H2F9NaO2S. The molecule has 0 aromatic rings. The minimum atomic E-state index is -7.14. The Morgan fingerprint density at radius 2 is 1.06 bits per heavy atom. The van der Waals surface area contributed by atoms with Gasteiger partial charge in [-0.1, -0.05) is 0 Å². The number of hydrogen-bond donors (Lipinski definition) is 1. The molecule has 0 aromatic carbocycles. The van der Waals surface area contributed by atoms with Gasteiger partial charge in [0.05, 0.1) is 0 Å². The molecule has 0 saturated carbocycles. The van der Waals surface area contributed by atoms with Crippen LogP contribution in [0, 0.1) is 0 Å². The van der Waals surface area contributed by atoms with Crippen LogP contribution in [0.3, 0.4) is 0 Å².